The summed E-state index contributed by atoms with van der Waals surface area (Å²) in [5, 5.41) is 0.876. The molecule has 1 nitrogen and oxygen atoms in total. The average Bonchev–Trinajstić information content (AvgIpc) is 2.84. The second kappa shape index (κ2) is 7.10. The molecule has 0 unspecified atom stereocenters. The van der Waals surface area contributed by atoms with Crippen LogP contribution < -0.4 is 0 Å². The summed E-state index contributed by atoms with van der Waals surface area (Å²) in [5.41, 5.74) is 1.25. The van der Waals surface area contributed by atoms with E-state index < -0.39 is 0 Å². The van der Waals surface area contributed by atoms with E-state index >= 15 is 0 Å². The molecule has 0 aromatic heterocycles. The molecule has 0 atom stereocenters. The van der Waals surface area contributed by atoms with Gasteiger partial charge in [-0.05, 0) is 36.5 Å². The zero-order valence-electron chi connectivity index (χ0n) is 11.8. The van der Waals surface area contributed by atoms with Crippen LogP contribution in [0.25, 0.3) is 0 Å². The maximum atomic E-state index is 6.36. The molecule has 0 saturated heterocycles. The molecule has 19 heavy (non-hydrogen) atoms. The SMILES string of the molecule is CC(C)CN(Cc1ccc(Br)cc1Cl)C1CCCC1. The Balaban J connectivity index is 2.09. The van der Waals surface area contributed by atoms with Crippen molar-refractivity contribution in [3.05, 3.63) is 33.3 Å². The Kier molecular flexibility index (Phi) is 5.73. The number of halogens is 2. The maximum absolute atomic E-state index is 6.36. The summed E-state index contributed by atoms with van der Waals surface area (Å²) in [6.45, 7) is 6.74. The van der Waals surface area contributed by atoms with Gasteiger partial charge in [-0.25, -0.2) is 0 Å². The minimum atomic E-state index is 0.704. The molecule has 0 radical (unpaired) electrons. The van der Waals surface area contributed by atoms with E-state index in [1.807, 2.05) is 6.07 Å². The molecule has 0 amide bonds. The van der Waals surface area contributed by atoms with Crippen molar-refractivity contribution in [2.45, 2.75) is 52.1 Å². The molecular formula is C16H23BrClN. The second-order valence-corrected chi connectivity index (χ2v) is 7.32. The van der Waals surface area contributed by atoms with Crippen LogP contribution in [-0.4, -0.2) is 17.5 Å². The summed E-state index contributed by atoms with van der Waals surface area (Å²) in [6.07, 6.45) is 5.46. The molecule has 0 N–H and O–H groups in total. The van der Waals surface area contributed by atoms with Crippen LogP contribution in [0.2, 0.25) is 5.02 Å². The van der Waals surface area contributed by atoms with Crippen LogP contribution in [0.3, 0.4) is 0 Å². The lowest BCUT2D eigenvalue weighted by Crippen LogP contribution is -2.35. The van der Waals surface area contributed by atoms with Gasteiger partial charge in [-0.15, -0.1) is 0 Å². The predicted molar refractivity (Wildman–Crippen MR) is 86.7 cm³/mol. The summed E-state index contributed by atoms with van der Waals surface area (Å²) >= 11 is 9.83. The molecule has 1 aliphatic carbocycles. The van der Waals surface area contributed by atoms with E-state index in [4.69, 9.17) is 11.6 Å². The Labute approximate surface area is 130 Å². The minimum absolute atomic E-state index is 0.704. The zero-order chi connectivity index (χ0) is 13.8. The average molecular weight is 345 g/mol. The normalized spacial score (nSPS) is 16.7. The van der Waals surface area contributed by atoms with E-state index in [0.717, 1.165) is 28.6 Å². The molecule has 1 fully saturated rings. The molecule has 0 heterocycles. The quantitative estimate of drug-likeness (QED) is 0.681. The smallest absolute Gasteiger partial charge is 0.0462 e. The Morgan fingerprint density at radius 3 is 2.58 bits per heavy atom. The molecular weight excluding hydrogens is 322 g/mol. The van der Waals surface area contributed by atoms with E-state index in [1.165, 1.54) is 31.2 Å². The maximum Gasteiger partial charge on any atom is 0.0462 e. The first-order valence-electron chi connectivity index (χ1n) is 7.24. The lowest BCUT2D eigenvalue weighted by molar-refractivity contribution is 0.168. The second-order valence-electron chi connectivity index (χ2n) is 6.00. The molecule has 2 rings (SSSR count). The predicted octanol–water partition coefficient (Wildman–Crippen LogP) is 5.50. The topological polar surface area (TPSA) is 3.24 Å². The van der Waals surface area contributed by atoms with Gasteiger partial charge in [0, 0.05) is 28.6 Å². The highest BCUT2D eigenvalue weighted by atomic mass is 79.9. The highest BCUT2D eigenvalue weighted by Crippen LogP contribution is 2.28. The van der Waals surface area contributed by atoms with Crippen LogP contribution in [0.15, 0.2) is 22.7 Å². The van der Waals surface area contributed by atoms with Gasteiger partial charge < -0.3 is 0 Å². The monoisotopic (exact) mass is 343 g/mol. The van der Waals surface area contributed by atoms with Gasteiger partial charge in [-0.1, -0.05) is 60.3 Å². The third-order valence-corrected chi connectivity index (χ3v) is 4.67. The van der Waals surface area contributed by atoms with E-state index in [2.05, 4.69) is 46.8 Å². The summed E-state index contributed by atoms with van der Waals surface area (Å²) in [5.74, 6) is 0.704. The summed E-state index contributed by atoms with van der Waals surface area (Å²) in [7, 11) is 0. The van der Waals surface area contributed by atoms with Crippen LogP contribution in [0.1, 0.15) is 45.1 Å². The lowest BCUT2D eigenvalue weighted by atomic mass is 10.1. The summed E-state index contributed by atoms with van der Waals surface area (Å²) < 4.78 is 1.05. The molecule has 1 saturated carbocycles. The number of benzene rings is 1. The van der Waals surface area contributed by atoms with Crippen molar-refractivity contribution in [1.29, 1.82) is 0 Å². The molecule has 0 aliphatic heterocycles. The molecule has 0 spiro atoms. The number of rotatable bonds is 5. The van der Waals surface area contributed by atoms with Crippen molar-refractivity contribution in [3.63, 3.8) is 0 Å². The van der Waals surface area contributed by atoms with Crippen molar-refractivity contribution in [2.75, 3.05) is 6.54 Å². The first-order valence-corrected chi connectivity index (χ1v) is 8.41. The van der Waals surface area contributed by atoms with Gasteiger partial charge >= 0.3 is 0 Å². The summed E-state index contributed by atoms with van der Waals surface area (Å²) in [6, 6.07) is 6.99. The van der Waals surface area contributed by atoms with Crippen molar-refractivity contribution in [2.24, 2.45) is 5.92 Å². The fourth-order valence-corrected chi connectivity index (χ4v) is 3.68. The first-order chi connectivity index (χ1) is 9.06. The molecule has 3 heteroatoms. The third kappa shape index (κ3) is 4.47. The molecule has 1 aromatic rings. The highest BCUT2D eigenvalue weighted by Gasteiger charge is 2.23. The molecule has 1 aliphatic rings. The Bertz CT molecular complexity index is 413. The van der Waals surface area contributed by atoms with E-state index in [9.17, 15) is 0 Å². The fraction of sp³-hybridized carbons (Fsp3) is 0.625. The largest absolute Gasteiger partial charge is 0.296 e. The van der Waals surface area contributed by atoms with Crippen LogP contribution >= 0.6 is 27.5 Å². The van der Waals surface area contributed by atoms with Crippen molar-refractivity contribution in [3.8, 4) is 0 Å². The third-order valence-electron chi connectivity index (χ3n) is 3.83. The van der Waals surface area contributed by atoms with E-state index in [0.29, 0.717) is 5.92 Å². The Morgan fingerprint density at radius 2 is 2.00 bits per heavy atom. The van der Waals surface area contributed by atoms with Crippen molar-refractivity contribution in [1.82, 2.24) is 4.90 Å². The van der Waals surface area contributed by atoms with E-state index in [-0.39, 0.29) is 0 Å². The fourth-order valence-electron chi connectivity index (χ4n) is 2.95. The van der Waals surface area contributed by atoms with Crippen LogP contribution in [0.5, 0.6) is 0 Å². The van der Waals surface area contributed by atoms with Gasteiger partial charge in [-0.3, -0.25) is 4.90 Å². The highest BCUT2D eigenvalue weighted by molar-refractivity contribution is 9.10. The van der Waals surface area contributed by atoms with Crippen molar-refractivity contribution >= 4 is 27.5 Å². The van der Waals surface area contributed by atoms with Gasteiger partial charge in [0.25, 0.3) is 0 Å². The van der Waals surface area contributed by atoms with Gasteiger partial charge in [0.15, 0.2) is 0 Å². The molecule has 106 valence electrons. The Morgan fingerprint density at radius 1 is 1.32 bits per heavy atom. The molecule has 0 bridgehead atoms. The lowest BCUT2D eigenvalue weighted by Gasteiger charge is -2.30. The standard InChI is InChI=1S/C16H23BrClN/c1-12(2)10-19(15-5-3-4-6-15)11-13-7-8-14(17)9-16(13)18/h7-9,12,15H,3-6,10-11H2,1-2H3. The summed E-state index contributed by atoms with van der Waals surface area (Å²) in [4.78, 5) is 2.63. The van der Waals surface area contributed by atoms with Crippen LogP contribution in [-0.2, 0) is 6.54 Å². The molecule has 1 aromatic carbocycles. The Hall–Kier alpha value is -0.0500. The van der Waals surface area contributed by atoms with Gasteiger partial charge in [0.1, 0.15) is 0 Å². The number of hydrogen-bond acceptors (Lipinski definition) is 1. The number of hydrogen-bond donors (Lipinski definition) is 0. The van der Waals surface area contributed by atoms with Gasteiger partial charge in [-0.2, -0.15) is 0 Å². The van der Waals surface area contributed by atoms with Gasteiger partial charge in [0.2, 0.25) is 0 Å². The van der Waals surface area contributed by atoms with Crippen LogP contribution in [0, 0.1) is 5.92 Å². The van der Waals surface area contributed by atoms with Crippen LogP contribution in [0.4, 0.5) is 0 Å². The van der Waals surface area contributed by atoms with Crippen molar-refractivity contribution < 1.29 is 0 Å². The minimum Gasteiger partial charge on any atom is -0.296 e. The first kappa shape index (κ1) is 15.3. The zero-order valence-corrected chi connectivity index (χ0v) is 14.2. The number of nitrogens with zero attached hydrogens (tertiary/aromatic N) is 1. The van der Waals surface area contributed by atoms with Gasteiger partial charge in [0.05, 0.1) is 0 Å². The van der Waals surface area contributed by atoms with E-state index in [1.54, 1.807) is 0 Å².